The third-order valence-corrected chi connectivity index (χ3v) is 5.54. The first-order chi connectivity index (χ1) is 10.6. The lowest BCUT2D eigenvalue weighted by molar-refractivity contribution is 0.420. The summed E-state index contributed by atoms with van der Waals surface area (Å²) in [4.78, 5) is 0. The van der Waals surface area contributed by atoms with E-state index in [9.17, 15) is 4.39 Å². The molecular formula is C18H14Br2FN. The number of allylic oxidation sites excluding steroid dienone is 2. The van der Waals surface area contributed by atoms with Gasteiger partial charge in [-0.2, -0.15) is 0 Å². The van der Waals surface area contributed by atoms with E-state index in [1.54, 1.807) is 0 Å². The molecule has 0 spiro atoms. The van der Waals surface area contributed by atoms with Crippen LogP contribution in [0.1, 0.15) is 29.5 Å². The molecule has 0 aromatic heterocycles. The summed E-state index contributed by atoms with van der Waals surface area (Å²) in [7, 11) is 0. The SMILES string of the molecule is Fc1cc(Br)cc2c1N[C@H](c1cccc(Br)c1)[C@@H]1CC=C[C@H]21. The molecule has 2 aliphatic rings. The predicted molar refractivity (Wildman–Crippen MR) is 94.6 cm³/mol. The van der Waals surface area contributed by atoms with Crippen molar-refractivity contribution >= 4 is 37.5 Å². The van der Waals surface area contributed by atoms with Gasteiger partial charge in [-0.3, -0.25) is 0 Å². The number of hydrogen-bond acceptors (Lipinski definition) is 1. The normalized spacial score (nSPS) is 25.5. The maximum Gasteiger partial charge on any atom is 0.147 e. The second-order valence-electron chi connectivity index (χ2n) is 5.88. The van der Waals surface area contributed by atoms with Crippen molar-refractivity contribution in [1.82, 2.24) is 0 Å². The number of halogens is 3. The molecule has 22 heavy (non-hydrogen) atoms. The summed E-state index contributed by atoms with van der Waals surface area (Å²) in [5.41, 5.74) is 2.89. The molecule has 4 rings (SSSR count). The number of hydrogen-bond donors (Lipinski definition) is 1. The van der Waals surface area contributed by atoms with Crippen LogP contribution in [0.5, 0.6) is 0 Å². The van der Waals surface area contributed by atoms with Crippen molar-refractivity contribution in [3.05, 3.63) is 74.4 Å². The first-order valence-electron chi connectivity index (χ1n) is 7.31. The zero-order valence-electron chi connectivity index (χ0n) is 11.7. The van der Waals surface area contributed by atoms with Gasteiger partial charge in [0.15, 0.2) is 0 Å². The topological polar surface area (TPSA) is 12.0 Å². The third-order valence-electron chi connectivity index (χ3n) is 4.59. The van der Waals surface area contributed by atoms with Crippen molar-refractivity contribution in [2.24, 2.45) is 5.92 Å². The molecule has 0 radical (unpaired) electrons. The van der Waals surface area contributed by atoms with Gasteiger partial charge in [0.1, 0.15) is 5.82 Å². The summed E-state index contributed by atoms with van der Waals surface area (Å²) >= 11 is 6.94. The van der Waals surface area contributed by atoms with Gasteiger partial charge in [-0.1, -0.05) is 56.1 Å². The van der Waals surface area contributed by atoms with E-state index in [1.807, 2.05) is 18.2 Å². The number of nitrogens with one attached hydrogen (secondary N) is 1. The lowest BCUT2D eigenvalue weighted by Gasteiger charge is -2.37. The molecule has 2 aromatic rings. The highest BCUT2D eigenvalue weighted by Crippen LogP contribution is 2.51. The Morgan fingerprint density at radius 2 is 1.95 bits per heavy atom. The molecule has 1 aliphatic carbocycles. The van der Waals surface area contributed by atoms with E-state index in [4.69, 9.17) is 0 Å². The predicted octanol–water partition coefficient (Wildman–Crippen LogP) is 6.18. The average Bonchev–Trinajstić information content (AvgIpc) is 2.96. The van der Waals surface area contributed by atoms with Crippen LogP contribution >= 0.6 is 31.9 Å². The van der Waals surface area contributed by atoms with Gasteiger partial charge in [-0.15, -0.1) is 0 Å². The Bertz CT molecular complexity index is 772. The Morgan fingerprint density at radius 1 is 1.09 bits per heavy atom. The summed E-state index contributed by atoms with van der Waals surface area (Å²) in [6.07, 6.45) is 5.46. The summed E-state index contributed by atoms with van der Waals surface area (Å²) in [5, 5.41) is 3.45. The quantitative estimate of drug-likeness (QED) is 0.541. The van der Waals surface area contributed by atoms with Crippen LogP contribution in [0.3, 0.4) is 0 Å². The van der Waals surface area contributed by atoms with E-state index < -0.39 is 0 Å². The molecule has 0 bridgehead atoms. The van der Waals surface area contributed by atoms with Crippen molar-refractivity contribution < 1.29 is 4.39 Å². The van der Waals surface area contributed by atoms with Crippen LogP contribution in [0.2, 0.25) is 0 Å². The minimum Gasteiger partial charge on any atom is -0.375 e. The largest absolute Gasteiger partial charge is 0.375 e. The number of fused-ring (bicyclic) bond motifs is 3. The fourth-order valence-electron chi connectivity index (χ4n) is 3.65. The van der Waals surface area contributed by atoms with Gasteiger partial charge >= 0.3 is 0 Å². The van der Waals surface area contributed by atoms with Crippen molar-refractivity contribution in [1.29, 1.82) is 0 Å². The smallest absolute Gasteiger partial charge is 0.147 e. The van der Waals surface area contributed by atoms with E-state index >= 15 is 0 Å². The van der Waals surface area contributed by atoms with Crippen LogP contribution in [-0.2, 0) is 0 Å². The first-order valence-corrected chi connectivity index (χ1v) is 8.89. The zero-order valence-corrected chi connectivity index (χ0v) is 14.9. The minimum atomic E-state index is -0.192. The van der Waals surface area contributed by atoms with E-state index in [2.05, 4.69) is 61.5 Å². The molecule has 4 heteroatoms. The molecule has 1 nitrogen and oxygen atoms in total. The standard InChI is InChI=1S/C18H14Br2FN/c19-11-4-1-3-10(7-11)17-14-6-2-5-13(14)15-8-12(20)9-16(21)18(15)22-17/h1-5,7-9,13-14,17,22H,6H2/t13-,14+,17+/m0/s1. The van der Waals surface area contributed by atoms with Crippen LogP contribution in [0.15, 0.2) is 57.5 Å². The monoisotopic (exact) mass is 421 g/mol. The van der Waals surface area contributed by atoms with Crippen molar-refractivity contribution in [2.45, 2.75) is 18.4 Å². The average molecular weight is 423 g/mol. The van der Waals surface area contributed by atoms with E-state index in [-0.39, 0.29) is 17.8 Å². The van der Waals surface area contributed by atoms with E-state index in [1.165, 1.54) is 11.6 Å². The molecular weight excluding hydrogens is 409 g/mol. The maximum atomic E-state index is 14.4. The highest BCUT2D eigenvalue weighted by molar-refractivity contribution is 9.10. The molecule has 1 heterocycles. The van der Waals surface area contributed by atoms with Crippen LogP contribution in [-0.4, -0.2) is 0 Å². The van der Waals surface area contributed by atoms with Crippen LogP contribution in [0, 0.1) is 11.7 Å². The first kappa shape index (κ1) is 14.5. The van der Waals surface area contributed by atoms with E-state index in [0.29, 0.717) is 11.6 Å². The molecule has 0 fully saturated rings. The highest BCUT2D eigenvalue weighted by atomic mass is 79.9. The van der Waals surface area contributed by atoms with Crippen LogP contribution < -0.4 is 5.32 Å². The van der Waals surface area contributed by atoms with Crippen LogP contribution in [0.25, 0.3) is 0 Å². The van der Waals surface area contributed by atoms with Gasteiger partial charge in [-0.05, 0) is 47.7 Å². The van der Waals surface area contributed by atoms with Gasteiger partial charge in [0, 0.05) is 14.9 Å². The molecule has 0 unspecified atom stereocenters. The second kappa shape index (κ2) is 5.50. The summed E-state index contributed by atoms with van der Waals surface area (Å²) in [6.45, 7) is 0. The molecule has 2 aromatic carbocycles. The fourth-order valence-corrected chi connectivity index (χ4v) is 4.52. The van der Waals surface area contributed by atoms with Crippen LogP contribution in [0.4, 0.5) is 10.1 Å². The number of anilines is 1. The van der Waals surface area contributed by atoms with E-state index in [0.717, 1.165) is 20.9 Å². The molecule has 0 saturated carbocycles. The maximum absolute atomic E-state index is 14.4. The molecule has 3 atom stereocenters. The fraction of sp³-hybridized carbons (Fsp3) is 0.222. The van der Waals surface area contributed by atoms with Gasteiger partial charge < -0.3 is 5.32 Å². The zero-order chi connectivity index (χ0) is 15.3. The Hall–Kier alpha value is -1.13. The third kappa shape index (κ3) is 2.33. The molecule has 112 valence electrons. The Kier molecular flexibility index (Phi) is 3.61. The van der Waals surface area contributed by atoms with Crippen molar-refractivity contribution in [3.8, 4) is 0 Å². The summed E-state index contributed by atoms with van der Waals surface area (Å²) in [6, 6.07) is 12.0. The summed E-state index contributed by atoms with van der Waals surface area (Å²) < 4.78 is 16.3. The molecule has 0 saturated heterocycles. The Labute approximate surface area is 145 Å². The second-order valence-corrected chi connectivity index (χ2v) is 7.71. The lowest BCUT2D eigenvalue weighted by atomic mass is 9.77. The van der Waals surface area contributed by atoms with Crippen molar-refractivity contribution in [2.75, 3.05) is 5.32 Å². The number of rotatable bonds is 1. The Balaban J connectivity index is 1.84. The number of benzene rings is 2. The van der Waals surface area contributed by atoms with Gasteiger partial charge in [-0.25, -0.2) is 4.39 Å². The molecule has 1 N–H and O–H groups in total. The minimum absolute atomic E-state index is 0.126. The summed E-state index contributed by atoms with van der Waals surface area (Å²) in [5.74, 6) is 0.505. The lowest BCUT2D eigenvalue weighted by Crippen LogP contribution is -2.29. The molecule has 1 aliphatic heterocycles. The highest BCUT2D eigenvalue weighted by Gasteiger charge is 2.39. The van der Waals surface area contributed by atoms with Crippen molar-refractivity contribution in [3.63, 3.8) is 0 Å². The van der Waals surface area contributed by atoms with Gasteiger partial charge in [0.05, 0.1) is 11.7 Å². The van der Waals surface area contributed by atoms with Gasteiger partial charge in [0.25, 0.3) is 0 Å². The molecule has 0 amide bonds. The Morgan fingerprint density at radius 3 is 2.77 bits per heavy atom. The van der Waals surface area contributed by atoms with Gasteiger partial charge in [0.2, 0.25) is 0 Å².